The molecule has 126 valence electrons. The van der Waals surface area contributed by atoms with Crippen molar-refractivity contribution in [2.24, 2.45) is 10.9 Å². The summed E-state index contributed by atoms with van der Waals surface area (Å²) in [6.07, 6.45) is 3.90. The second-order valence-corrected chi connectivity index (χ2v) is 5.67. The van der Waals surface area contributed by atoms with E-state index in [0.717, 1.165) is 18.4 Å². The van der Waals surface area contributed by atoms with E-state index in [9.17, 15) is 0 Å². The molecule has 0 saturated carbocycles. The molecule has 0 amide bonds. The highest BCUT2D eigenvalue weighted by Gasteiger charge is 2.17. The fourth-order valence-electron chi connectivity index (χ4n) is 2.71. The summed E-state index contributed by atoms with van der Waals surface area (Å²) in [6.45, 7) is 9.75. The van der Waals surface area contributed by atoms with Crippen LogP contribution in [0.5, 0.6) is 0 Å². The molecule has 1 rings (SSSR count). The van der Waals surface area contributed by atoms with Crippen LogP contribution in [0.25, 0.3) is 0 Å². The van der Waals surface area contributed by atoms with Crippen molar-refractivity contribution in [3.8, 4) is 0 Å². The molecule has 6 heteroatoms. The van der Waals surface area contributed by atoms with Gasteiger partial charge in [-0.15, -0.1) is 24.0 Å². The minimum atomic E-state index is 0. The average molecular weight is 412 g/mol. The fraction of sp³-hybridized carbons (Fsp3) is 0.933. The van der Waals surface area contributed by atoms with Crippen LogP contribution in [0.4, 0.5) is 0 Å². The number of methoxy groups -OCH3 is 1. The third-order valence-electron chi connectivity index (χ3n) is 4.02. The molecule has 1 unspecified atom stereocenters. The molecule has 0 aromatic carbocycles. The number of guanidine groups is 1. The Labute approximate surface area is 147 Å². The Bertz CT molecular complexity index is 281. The van der Waals surface area contributed by atoms with E-state index in [1.165, 1.54) is 38.9 Å². The average Bonchev–Trinajstić information content (AvgIpc) is 2.47. The van der Waals surface area contributed by atoms with Gasteiger partial charge in [0.15, 0.2) is 5.96 Å². The smallest absolute Gasteiger partial charge is 0.191 e. The number of ether oxygens (including phenoxy) is 1. The number of halogens is 1. The van der Waals surface area contributed by atoms with Crippen LogP contribution in [0.2, 0.25) is 0 Å². The molecule has 0 aliphatic carbocycles. The third-order valence-corrected chi connectivity index (χ3v) is 4.02. The molecule has 1 aliphatic rings. The highest BCUT2D eigenvalue weighted by atomic mass is 127. The van der Waals surface area contributed by atoms with Crippen LogP contribution < -0.4 is 10.6 Å². The molecule has 0 aromatic rings. The van der Waals surface area contributed by atoms with Gasteiger partial charge >= 0.3 is 0 Å². The molecule has 0 spiro atoms. The molecule has 1 aliphatic heterocycles. The summed E-state index contributed by atoms with van der Waals surface area (Å²) in [5, 5.41) is 6.73. The van der Waals surface area contributed by atoms with E-state index in [1.807, 2.05) is 7.05 Å². The molecule has 21 heavy (non-hydrogen) atoms. The van der Waals surface area contributed by atoms with E-state index in [-0.39, 0.29) is 30.0 Å². The number of nitrogens with zero attached hydrogens (tertiary/aromatic N) is 2. The minimum Gasteiger partial charge on any atom is -0.383 e. The first-order valence-corrected chi connectivity index (χ1v) is 7.88. The first kappa shape index (κ1) is 20.9. The van der Waals surface area contributed by atoms with Gasteiger partial charge in [-0.3, -0.25) is 4.99 Å². The Morgan fingerprint density at radius 2 is 2.05 bits per heavy atom. The standard InChI is InChI=1S/C15H32N4O.HI/c1-5-19-10-7-14(8-11-19)6-9-17-15(16-3)18-13(2)12-20-4;/h13-14H,5-12H2,1-4H3,(H2,16,17,18);1H. The van der Waals surface area contributed by atoms with Crippen molar-refractivity contribution in [2.75, 3.05) is 46.9 Å². The zero-order valence-electron chi connectivity index (χ0n) is 14.0. The first-order valence-electron chi connectivity index (χ1n) is 7.88. The molecule has 2 N–H and O–H groups in total. The van der Waals surface area contributed by atoms with Gasteiger partial charge in [0.1, 0.15) is 0 Å². The summed E-state index contributed by atoms with van der Waals surface area (Å²) < 4.78 is 5.12. The van der Waals surface area contributed by atoms with Crippen LogP contribution in [0.3, 0.4) is 0 Å². The van der Waals surface area contributed by atoms with Crippen molar-refractivity contribution in [1.29, 1.82) is 0 Å². The first-order chi connectivity index (χ1) is 9.69. The van der Waals surface area contributed by atoms with Gasteiger partial charge in [-0.05, 0) is 51.7 Å². The Morgan fingerprint density at radius 1 is 1.38 bits per heavy atom. The van der Waals surface area contributed by atoms with Gasteiger partial charge in [0, 0.05) is 26.7 Å². The summed E-state index contributed by atoms with van der Waals surface area (Å²) in [5.41, 5.74) is 0. The Hall–Kier alpha value is -0.0800. The van der Waals surface area contributed by atoms with Gasteiger partial charge in [0.25, 0.3) is 0 Å². The molecule has 1 fully saturated rings. The molecule has 1 saturated heterocycles. The molecular weight excluding hydrogens is 379 g/mol. The zero-order chi connectivity index (χ0) is 14.8. The lowest BCUT2D eigenvalue weighted by Crippen LogP contribution is -2.44. The van der Waals surface area contributed by atoms with Crippen molar-refractivity contribution in [3.05, 3.63) is 0 Å². The molecule has 0 radical (unpaired) electrons. The number of nitrogens with one attached hydrogen (secondary N) is 2. The lowest BCUT2D eigenvalue weighted by molar-refractivity contribution is 0.178. The monoisotopic (exact) mass is 412 g/mol. The maximum Gasteiger partial charge on any atom is 0.191 e. The van der Waals surface area contributed by atoms with Gasteiger partial charge in [-0.25, -0.2) is 0 Å². The SMILES string of the molecule is CCN1CCC(CCNC(=NC)NC(C)COC)CC1.I. The van der Waals surface area contributed by atoms with Gasteiger partial charge in [-0.1, -0.05) is 6.92 Å². The molecule has 1 atom stereocenters. The summed E-state index contributed by atoms with van der Waals surface area (Å²) in [6, 6.07) is 0.277. The number of piperidine rings is 1. The van der Waals surface area contributed by atoms with Crippen molar-refractivity contribution < 1.29 is 4.74 Å². The van der Waals surface area contributed by atoms with Crippen LogP contribution in [-0.4, -0.2) is 63.8 Å². The van der Waals surface area contributed by atoms with E-state index >= 15 is 0 Å². The Kier molecular flexibility index (Phi) is 12.4. The van der Waals surface area contributed by atoms with Crippen molar-refractivity contribution >= 4 is 29.9 Å². The van der Waals surface area contributed by atoms with Crippen LogP contribution in [0.15, 0.2) is 4.99 Å². The van der Waals surface area contributed by atoms with E-state index in [1.54, 1.807) is 7.11 Å². The summed E-state index contributed by atoms with van der Waals surface area (Å²) >= 11 is 0. The van der Waals surface area contributed by atoms with Crippen molar-refractivity contribution in [3.63, 3.8) is 0 Å². The molecule has 5 nitrogen and oxygen atoms in total. The summed E-state index contributed by atoms with van der Waals surface area (Å²) in [5.74, 6) is 1.74. The van der Waals surface area contributed by atoms with Gasteiger partial charge in [0.2, 0.25) is 0 Å². The molecule has 0 aromatic heterocycles. The van der Waals surface area contributed by atoms with Crippen LogP contribution in [0.1, 0.15) is 33.1 Å². The zero-order valence-corrected chi connectivity index (χ0v) is 16.4. The predicted octanol–water partition coefficient (Wildman–Crippen LogP) is 1.93. The Morgan fingerprint density at radius 3 is 2.57 bits per heavy atom. The third kappa shape index (κ3) is 8.83. The minimum absolute atomic E-state index is 0. The highest BCUT2D eigenvalue weighted by Crippen LogP contribution is 2.19. The van der Waals surface area contributed by atoms with E-state index < -0.39 is 0 Å². The number of hydrogen-bond donors (Lipinski definition) is 2. The normalized spacial score (nSPS) is 19.0. The van der Waals surface area contributed by atoms with Crippen molar-refractivity contribution in [1.82, 2.24) is 15.5 Å². The second-order valence-electron chi connectivity index (χ2n) is 5.67. The summed E-state index contributed by atoms with van der Waals surface area (Å²) in [7, 11) is 3.53. The highest BCUT2D eigenvalue weighted by molar-refractivity contribution is 14.0. The van der Waals surface area contributed by atoms with Gasteiger partial charge in [0.05, 0.1) is 6.61 Å². The molecular formula is C15H33IN4O. The molecule has 1 heterocycles. The van der Waals surface area contributed by atoms with Crippen LogP contribution in [0, 0.1) is 5.92 Å². The lowest BCUT2D eigenvalue weighted by atomic mass is 9.93. The number of rotatable bonds is 7. The van der Waals surface area contributed by atoms with E-state index in [4.69, 9.17) is 4.74 Å². The number of likely N-dealkylation sites (tertiary alicyclic amines) is 1. The predicted molar refractivity (Wildman–Crippen MR) is 101 cm³/mol. The van der Waals surface area contributed by atoms with Crippen LogP contribution >= 0.6 is 24.0 Å². The van der Waals surface area contributed by atoms with E-state index in [2.05, 4.69) is 34.4 Å². The summed E-state index contributed by atoms with van der Waals surface area (Å²) in [4.78, 5) is 6.79. The Balaban J connectivity index is 0.00000400. The second kappa shape index (κ2) is 12.5. The van der Waals surface area contributed by atoms with E-state index in [0.29, 0.717) is 6.61 Å². The molecule has 0 bridgehead atoms. The maximum absolute atomic E-state index is 5.12. The number of aliphatic imine (C=N–C) groups is 1. The quantitative estimate of drug-likeness (QED) is 0.381. The lowest BCUT2D eigenvalue weighted by Gasteiger charge is -2.31. The fourth-order valence-corrected chi connectivity index (χ4v) is 2.71. The van der Waals surface area contributed by atoms with Gasteiger partial charge in [-0.2, -0.15) is 0 Å². The van der Waals surface area contributed by atoms with Gasteiger partial charge < -0.3 is 20.3 Å². The van der Waals surface area contributed by atoms with Crippen LogP contribution in [-0.2, 0) is 4.74 Å². The number of hydrogen-bond acceptors (Lipinski definition) is 3. The van der Waals surface area contributed by atoms with Crippen molar-refractivity contribution in [2.45, 2.75) is 39.2 Å². The topological polar surface area (TPSA) is 48.9 Å². The largest absolute Gasteiger partial charge is 0.383 e. The maximum atomic E-state index is 5.12.